The molecule has 94 valence electrons. The van der Waals surface area contributed by atoms with Gasteiger partial charge in [-0.25, -0.2) is 0 Å². The first-order valence-electron chi connectivity index (χ1n) is 8.13. The predicted molar refractivity (Wildman–Crippen MR) is 82.7 cm³/mol. The highest BCUT2D eigenvalue weighted by Crippen LogP contribution is 2.36. The molecule has 1 nitrogen and oxygen atoms in total. The van der Waals surface area contributed by atoms with Gasteiger partial charge in [-0.15, -0.1) is 0 Å². The molecule has 0 fully saturated rings. The summed E-state index contributed by atoms with van der Waals surface area (Å²) in [4.78, 5) is 0. The van der Waals surface area contributed by atoms with Crippen LogP contribution in [0, 0.1) is 0 Å². The van der Waals surface area contributed by atoms with Crippen molar-refractivity contribution in [3.05, 3.63) is 52.4 Å². The number of hydrogen-bond donors (Lipinski definition) is 1. The van der Waals surface area contributed by atoms with Crippen LogP contribution in [0.25, 0.3) is 11.1 Å². The second kappa shape index (κ2) is 4.77. The van der Waals surface area contributed by atoms with Crippen LogP contribution in [-0.2, 0) is 5.41 Å². The van der Waals surface area contributed by atoms with Gasteiger partial charge in [0, 0.05) is 10.0 Å². The fraction of sp³-hybridized carbons (Fsp3) is 0.250. The van der Waals surface area contributed by atoms with Gasteiger partial charge in [-0.1, -0.05) is 51.0 Å². The average molecular weight is 309 g/mol. The van der Waals surface area contributed by atoms with E-state index in [4.69, 9.17) is 12.6 Å². The first-order chi connectivity index (χ1) is 10.5. The lowest BCUT2D eigenvalue weighted by Gasteiger charge is -2.22. The molecular formula is C16H18BrN. The summed E-state index contributed by atoms with van der Waals surface area (Å²) in [5.74, 6) is 0. The molecule has 0 aliphatic heterocycles. The highest BCUT2D eigenvalue weighted by Gasteiger charge is 2.17. The van der Waals surface area contributed by atoms with Crippen molar-refractivity contribution < 1.29 is 6.85 Å². The molecule has 0 aromatic heterocycles. The number of benzene rings is 2. The molecule has 0 saturated carbocycles. The molecule has 0 atom stereocenters. The fourth-order valence-corrected chi connectivity index (χ4v) is 2.10. The molecule has 0 radical (unpaired) electrons. The summed E-state index contributed by atoms with van der Waals surface area (Å²) in [6.45, 7) is 6.12. The zero-order valence-corrected chi connectivity index (χ0v) is 12.2. The molecule has 2 N–H and O–H groups in total. The van der Waals surface area contributed by atoms with Crippen molar-refractivity contribution >= 4 is 21.6 Å². The van der Waals surface area contributed by atoms with Gasteiger partial charge in [0.2, 0.25) is 0 Å². The van der Waals surface area contributed by atoms with E-state index in [1.807, 2.05) is 26.8 Å². The first kappa shape index (κ1) is 8.00. The minimum absolute atomic E-state index is 0.125. The lowest BCUT2D eigenvalue weighted by atomic mass is 9.85. The first-order valence-corrected chi connectivity index (χ1v) is 6.43. The average Bonchev–Trinajstić information content (AvgIpc) is 2.46. The summed E-state index contributed by atoms with van der Waals surface area (Å²) >= 11 is 3.41. The number of anilines is 1. The normalized spacial score (nSPS) is 15.4. The van der Waals surface area contributed by atoms with Crippen LogP contribution in [-0.4, -0.2) is 0 Å². The van der Waals surface area contributed by atoms with Gasteiger partial charge in [-0.2, -0.15) is 0 Å². The summed E-state index contributed by atoms with van der Waals surface area (Å²) in [5.41, 5.74) is 7.84. The van der Waals surface area contributed by atoms with Crippen LogP contribution >= 0.6 is 15.9 Å². The molecule has 0 bridgehead atoms. The van der Waals surface area contributed by atoms with Gasteiger partial charge in [-0.3, -0.25) is 0 Å². The Morgan fingerprint density at radius 1 is 1.11 bits per heavy atom. The van der Waals surface area contributed by atoms with Crippen LogP contribution < -0.4 is 5.73 Å². The van der Waals surface area contributed by atoms with Crippen molar-refractivity contribution in [2.24, 2.45) is 0 Å². The van der Waals surface area contributed by atoms with Gasteiger partial charge >= 0.3 is 0 Å². The lowest BCUT2D eigenvalue weighted by Crippen LogP contribution is -2.11. The number of halogens is 1. The standard InChI is InChI=1S/C16H18BrN/c1-16(2,3)12-9-13(15(18)14(17)10-12)11-7-5-4-6-8-11/h4-10H,18H2,1-3H3/i4D,5D,6D,7D,8D. The van der Waals surface area contributed by atoms with Crippen molar-refractivity contribution in [1.82, 2.24) is 0 Å². The Morgan fingerprint density at radius 3 is 2.28 bits per heavy atom. The molecule has 0 amide bonds. The number of nitrogens with two attached hydrogens (primary N) is 1. The van der Waals surface area contributed by atoms with E-state index in [-0.39, 0.29) is 35.1 Å². The van der Waals surface area contributed by atoms with E-state index in [9.17, 15) is 0 Å². The van der Waals surface area contributed by atoms with E-state index in [1.165, 1.54) is 0 Å². The van der Waals surface area contributed by atoms with Gasteiger partial charge in [0.1, 0.15) is 0 Å². The summed E-state index contributed by atoms with van der Waals surface area (Å²) in [6, 6.07) is 2.06. The fourth-order valence-electron chi connectivity index (χ4n) is 1.64. The second-order valence-electron chi connectivity index (χ2n) is 5.17. The lowest BCUT2D eigenvalue weighted by molar-refractivity contribution is 0.590. The highest BCUT2D eigenvalue weighted by molar-refractivity contribution is 9.10. The van der Waals surface area contributed by atoms with E-state index < -0.39 is 6.04 Å². The zero-order valence-electron chi connectivity index (χ0n) is 15.6. The minimum atomic E-state index is -0.409. The van der Waals surface area contributed by atoms with Crippen molar-refractivity contribution in [2.45, 2.75) is 26.2 Å². The van der Waals surface area contributed by atoms with Crippen LogP contribution in [0.1, 0.15) is 33.2 Å². The summed E-state index contributed by atoms with van der Waals surface area (Å²) in [7, 11) is 0. The summed E-state index contributed by atoms with van der Waals surface area (Å²) < 4.78 is 40.2. The Balaban J connectivity index is 2.91. The van der Waals surface area contributed by atoms with Gasteiger partial charge in [0.05, 0.1) is 12.5 Å². The number of nitrogen functional groups attached to an aromatic ring is 1. The second-order valence-corrected chi connectivity index (χ2v) is 6.02. The summed E-state index contributed by atoms with van der Waals surface area (Å²) in [5, 5.41) is 0. The van der Waals surface area contributed by atoms with E-state index in [0.717, 1.165) is 5.56 Å². The van der Waals surface area contributed by atoms with Crippen molar-refractivity contribution in [3.63, 3.8) is 0 Å². The smallest absolute Gasteiger partial charge is 0.0629 e. The monoisotopic (exact) mass is 308 g/mol. The van der Waals surface area contributed by atoms with E-state index in [2.05, 4.69) is 15.9 Å². The predicted octanol–water partition coefficient (Wildman–Crippen LogP) is 5.00. The molecule has 2 aromatic rings. The molecule has 2 aromatic carbocycles. The molecule has 0 unspecified atom stereocenters. The Hall–Kier alpha value is -1.28. The Morgan fingerprint density at radius 2 is 1.72 bits per heavy atom. The Labute approximate surface area is 124 Å². The minimum Gasteiger partial charge on any atom is -0.397 e. The van der Waals surface area contributed by atoms with Crippen LogP contribution in [0.5, 0.6) is 0 Å². The Kier molecular flexibility index (Phi) is 2.12. The van der Waals surface area contributed by atoms with Crippen LogP contribution in [0.3, 0.4) is 0 Å². The van der Waals surface area contributed by atoms with Gasteiger partial charge in [0.25, 0.3) is 0 Å². The van der Waals surface area contributed by atoms with E-state index >= 15 is 0 Å². The molecule has 0 spiro atoms. The van der Waals surface area contributed by atoms with Gasteiger partial charge in [0.15, 0.2) is 0 Å². The maximum atomic E-state index is 8.12. The van der Waals surface area contributed by atoms with Crippen LogP contribution in [0.4, 0.5) is 5.69 Å². The third-order valence-corrected chi connectivity index (χ3v) is 3.42. The molecule has 2 rings (SSSR count). The molecule has 0 saturated heterocycles. The SMILES string of the molecule is [2H]c1c([2H])c([2H])c(-c2cc(C(C)(C)C)cc(Br)c2N)c([2H])c1[2H]. The van der Waals surface area contributed by atoms with Crippen LogP contribution in [0.2, 0.25) is 0 Å². The van der Waals surface area contributed by atoms with Crippen molar-refractivity contribution in [3.8, 4) is 11.1 Å². The molecular weight excluding hydrogens is 286 g/mol. The molecule has 2 heteroatoms. The maximum absolute atomic E-state index is 8.12. The number of rotatable bonds is 1. The third kappa shape index (κ3) is 2.59. The number of hydrogen-bond acceptors (Lipinski definition) is 1. The van der Waals surface area contributed by atoms with Crippen molar-refractivity contribution in [2.75, 3.05) is 5.73 Å². The maximum Gasteiger partial charge on any atom is 0.0629 e. The topological polar surface area (TPSA) is 26.0 Å². The zero-order chi connectivity index (χ0) is 17.7. The largest absolute Gasteiger partial charge is 0.397 e. The highest BCUT2D eigenvalue weighted by atomic mass is 79.9. The molecule has 0 aliphatic rings. The van der Waals surface area contributed by atoms with Crippen molar-refractivity contribution in [1.29, 1.82) is 0 Å². The van der Waals surface area contributed by atoms with E-state index in [1.54, 1.807) is 6.07 Å². The quantitative estimate of drug-likeness (QED) is 0.737. The van der Waals surface area contributed by atoms with Gasteiger partial charge in [-0.05, 0) is 44.6 Å². The third-order valence-electron chi connectivity index (χ3n) is 2.76. The Bertz CT molecular complexity index is 767. The van der Waals surface area contributed by atoms with Gasteiger partial charge < -0.3 is 5.73 Å². The van der Waals surface area contributed by atoms with E-state index in [0.29, 0.717) is 15.7 Å². The molecule has 0 heterocycles. The molecule has 0 aliphatic carbocycles. The van der Waals surface area contributed by atoms with Crippen LogP contribution in [0.15, 0.2) is 46.8 Å². The molecule has 18 heavy (non-hydrogen) atoms. The summed E-state index contributed by atoms with van der Waals surface area (Å²) in [6.07, 6.45) is 0.